The number of nitrogens with one attached hydrogen (secondary N) is 1. The Hall–Kier alpha value is -3.18. The lowest BCUT2D eigenvalue weighted by molar-refractivity contribution is -0.142. The molecule has 8 heteroatoms. The number of terminal acetylenes is 1. The van der Waals surface area contributed by atoms with Crippen LogP contribution in [0.5, 0.6) is 0 Å². The molecule has 0 saturated carbocycles. The van der Waals surface area contributed by atoms with E-state index in [-0.39, 0.29) is 36.6 Å². The lowest BCUT2D eigenvalue weighted by Gasteiger charge is -2.29. The van der Waals surface area contributed by atoms with Gasteiger partial charge in [0.15, 0.2) is 0 Å². The fraction of sp³-hybridized carbons (Fsp3) is 0.500. The molecule has 1 aliphatic heterocycles. The Bertz CT molecular complexity index is 990. The summed E-state index contributed by atoms with van der Waals surface area (Å²) >= 11 is 0. The first-order valence-corrected chi connectivity index (χ1v) is 10.9. The first-order chi connectivity index (χ1) is 15.2. The molecule has 1 saturated heterocycles. The smallest absolute Gasteiger partial charge is 0.248 e. The molecular weight excluding hydrogens is 406 g/mol. The van der Waals surface area contributed by atoms with E-state index in [9.17, 15) is 14.7 Å². The molecule has 0 unspecified atom stereocenters. The normalized spacial score (nSPS) is 19.2. The summed E-state index contributed by atoms with van der Waals surface area (Å²) in [4.78, 5) is 27.9. The molecule has 1 aromatic heterocycles. The predicted octanol–water partition coefficient (Wildman–Crippen LogP) is 1.86. The van der Waals surface area contributed by atoms with Gasteiger partial charge in [-0.25, -0.2) is 4.68 Å². The van der Waals surface area contributed by atoms with Crippen molar-refractivity contribution in [3.63, 3.8) is 0 Å². The van der Waals surface area contributed by atoms with Crippen LogP contribution in [-0.4, -0.2) is 55.5 Å². The monoisotopic (exact) mass is 437 g/mol. The van der Waals surface area contributed by atoms with E-state index in [1.807, 2.05) is 52.0 Å². The maximum absolute atomic E-state index is 13.5. The highest BCUT2D eigenvalue weighted by Crippen LogP contribution is 2.27. The number of carbonyl (C=O) groups excluding carboxylic acids is 2. The highest BCUT2D eigenvalue weighted by atomic mass is 16.3. The number of rotatable bonds is 7. The molecule has 1 fully saturated rings. The Kier molecular flexibility index (Phi) is 7.31. The van der Waals surface area contributed by atoms with Gasteiger partial charge in [-0.1, -0.05) is 51.0 Å². The third kappa shape index (κ3) is 5.17. The van der Waals surface area contributed by atoms with Gasteiger partial charge in [0.25, 0.3) is 0 Å². The summed E-state index contributed by atoms with van der Waals surface area (Å²) in [7, 11) is 0. The van der Waals surface area contributed by atoms with Crippen molar-refractivity contribution in [2.75, 3.05) is 6.54 Å². The number of aliphatic hydroxyl groups is 1. The van der Waals surface area contributed by atoms with Crippen LogP contribution in [0, 0.1) is 18.3 Å². The first kappa shape index (κ1) is 23.5. The number of likely N-dealkylation sites (tertiary alicyclic amines) is 1. The quantitative estimate of drug-likeness (QED) is 0.644. The maximum atomic E-state index is 13.5. The second kappa shape index (κ2) is 9.96. The van der Waals surface area contributed by atoms with Crippen LogP contribution in [0.4, 0.5) is 0 Å². The van der Waals surface area contributed by atoms with E-state index in [1.54, 1.807) is 10.9 Å². The van der Waals surface area contributed by atoms with Gasteiger partial charge in [0.1, 0.15) is 12.1 Å². The maximum Gasteiger partial charge on any atom is 0.248 e. The van der Waals surface area contributed by atoms with Gasteiger partial charge < -0.3 is 15.3 Å². The molecule has 0 bridgehead atoms. The number of hydrogen-bond donors (Lipinski definition) is 2. The molecule has 1 aromatic carbocycles. The highest BCUT2D eigenvalue weighted by molar-refractivity contribution is 5.90. The number of hydrogen-bond acceptors (Lipinski definition) is 5. The summed E-state index contributed by atoms with van der Waals surface area (Å²) in [5.74, 6) is 2.14. The third-order valence-electron chi connectivity index (χ3n) is 5.74. The van der Waals surface area contributed by atoms with Crippen LogP contribution in [-0.2, 0) is 16.1 Å². The van der Waals surface area contributed by atoms with Crippen LogP contribution in [0.2, 0.25) is 0 Å². The zero-order chi connectivity index (χ0) is 23.4. The van der Waals surface area contributed by atoms with Crippen LogP contribution in [0.3, 0.4) is 0 Å². The molecule has 2 heterocycles. The summed E-state index contributed by atoms with van der Waals surface area (Å²) in [5, 5.41) is 21.5. The van der Waals surface area contributed by atoms with Crippen molar-refractivity contribution < 1.29 is 14.7 Å². The van der Waals surface area contributed by atoms with Gasteiger partial charge in [-0.3, -0.25) is 9.59 Å². The molecule has 3 atom stereocenters. The molecule has 2 aromatic rings. The van der Waals surface area contributed by atoms with E-state index >= 15 is 0 Å². The second-order valence-electron chi connectivity index (χ2n) is 8.92. The van der Waals surface area contributed by atoms with Crippen molar-refractivity contribution in [3.05, 3.63) is 47.3 Å². The van der Waals surface area contributed by atoms with Crippen molar-refractivity contribution in [2.45, 2.75) is 64.8 Å². The minimum absolute atomic E-state index is 0.0691. The van der Waals surface area contributed by atoms with Gasteiger partial charge in [-0.05, 0) is 29.5 Å². The molecule has 2 amide bonds. The number of benzene rings is 1. The molecule has 8 nitrogen and oxygen atoms in total. The third-order valence-corrected chi connectivity index (χ3v) is 5.74. The average Bonchev–Trinajstić information content (AvgIpc) is 3.39. The van der Waals surface area contributed by atoms with Crippen molar-refractivity contribution in [2.24, 2.45) is 5.92 Å². The van der Waals surface area contributed by atoms with E-state index < -0.39 is 18.2 Å². The molecule has 0 radical (unpaired) electrons. The second-order valence-corrected chi connectivity index (χ2v) is 8.92. The highest BCUT2D eigenvalue weighted by Gasteiger charge is 2.42. The fourth-order valence-corrected chi connectivity index (χ4v) is 3.90. The van der Waals surface area contributed by atoms with Gasteiger partial charge in [0.2, 0.25) is 11.8 Å². The van der Waals surface area contributed by atoms with Gasteiger partial charge in [-0.15, -0.1) is 11.5 Å². The van der Waals surface area contributed by atoms with Crippen LogP contribution < -0.4 is 5.32 Å². The molecule has 3 rings (SSSR count). The molecular formula is C24H31N5O3. The SMILES string of the molecule is C#Cc1ccc(CNC(=O)[C@@H]2C[C@@H](O)CN2C(=O)[C@H](C(C)C)n2cc(C(C)C)nn2)cc1. The molecule has 170 valence electrons. The fourth-order valence-electron chi connectivity index (χ4n) is 3.90. The number of amides is 2. The standard InChI is InChI=1S/C24H31N5O3/c1-6-17-7-9-18(10-8-17)12-25-23(31)21-11-19(30)13-28(21)24(32)22(16(4)5)29-14-20(15(2)3)26-27-29/h1,7-10,14-16,19,21-22,30H,11-13H2,2-5H3,(H,25,31)/t19-,21+,22+/m1/s1. The minimum atomic E-state index is -0.751. The zero-order valence-corrected chi connectivity index (χ0v) is 19.0. The topological polar surface area (TPSA) is 100 Å². The minimum Gasteiger partial charge on any atom is -0.391 e. The number of aromatic nitrogens is 3. The van der Waals surface area contributed by atoms with E-state index in [0.29, 0.717) is 6.54 Å². The Morgan fingerprint density at radius 1 is 1.25 bits per heavy atom. The van der Waals surface area contributed by atoms with Gasteiger partial charge >= 0.3 is 0 Å². The Balaban J connectivity index is 1.74. The van der Waals surface area contributed by atoms with E-state index in [4.69, 9.17) is 6.42 Å². The number of β-amino-alcohol motifs (C(OH)–C–C–N with tert-alkyl or cyclic N) is 1. The lowest BCUT2D eigenvalue weighted by Crippen LogP contribution is -2.49. The van der Waals surface area contributed by atoms with Gasteiger partial charge in [0.05, 0.1) is 11.8 Å². The average molecular weight is 438 g/mol. The van der Waals surface area contributed by atoms with Gasteiger partial charge in [0, 0.05) is 31.3 Å². The molecule has 0 spiro atoms. The Morgan fingerprint density at radius 3 is 2.50 bits per heavy atom. The predicted molar refractivity (Wildman–Crippen MR) is 120 cm³/mol. The lowest BCUT2D eigenvalue weighted by atomic mass is 10.0. The van der Waals surface area contributed by atoms with Crippen molar-refractivity contribution in [1.82, 2.24) is 25.2 Å². The van der Waals surface area contributed by atoms with Crippen molar-refractivity contribution in [3.8, 4) is 12.3 Å². The molecule has 1 aliphatic rings. The largest absolute Gasteiger partial charge is 0.391 e. The van der Waals surface area contributed by atoms with Gasteiger partial charge in [-0.2, -0.15) is 0 Å². The summed E-state index contributed by atoms with van der Waals surface area (Å²) in [6.45, 7) is 8.31. The van der Waals surface area contributed by atoms with Crippen LogP contribution in [0.15, 0.2) is 30.5 Å². The van der Waals surface area contributed by atoms with Crippen molar-refractivity contribution >= 4 is 11.8 Å². The van der Waals surface area contributed by atoms with E-state index in [2.05, 4.69) is 21.5 Å². The summed E-state index contributed by atoms with van der Waals surface area (Å²) in [6, 6.07) is 5.99. The summed E-state index contributed by atoms with van der Waals surface area (Å²) in [6.07, 6.45) is 6.61. The zero-order valence-electron chi connectivity index (χ0n) is 19.0. The Labute approximate surface area is 189 Å². The van der Waals surface area contributed by atoms with Crippen LogP contribution >= 0.6 is 0 Å². The van der Waals surface area contributed by atoms with E-state index in [0.717, 1.165) is 16.8 Å². The van der Waals surface area contributed by atoms with Crippen molar-refractivity contribution in [1.29, 1.82) is 0 Å². The Morgan fingerprint density at radius 2 is 1.94 bits per heavy atom. The van der Waals surface area contributed by atoms with Crippen LogP contribution in [0.1, 0.15) is 62.9 Å². The molecule has 2 N–H and O–H groups in total. The molecule has 32 heavy (non-hydrogen) atoms. The summed E-state index contributed by atoms with van der Waals surface area (Å²) < 4.78 is 1.58. The van der Waals surface area contributed by atoms with E-state index in [1.165, 1.54) is 4.90 Å². The number of carbonyl (C=O) groups is 2. The number of nitrogens with zero attached hydrogens (tertiary/aromatic N) is 4. The first-order valence-electron chi connectivity index (χ1n) is 10.9. The molecule has 0 aliphatic carbocycles. The summed E-state index contributed by atoms with van der Waals surface area (Å²) in [5.41, 5.74) is 2.47. The van der Waals surface area contributed by atoms with Crippen LogP contribution in [0.25, 0.3) is 0 Å². The number of aliphatic hydroxyl groups excluding tert-OH is 1.